The van der Waals surface area contributed by atoms with E-state index in [-0.39, 0.29) is 11.8 Å². The molecule has 2 amide bonds. The van der Waals surface area contributed by atoms with Crippen molar-refractivity contribution in [2.45, 2.75) is 34.1 Å². The van der Waals surface area contributed by atoms with Gasteiger partial charge in [-0.1, -0.05) is 17.7 Å². The fourth-order valence-electron chi connectivity index (χ4n) is 3.70. The topological polar surface area (TPSA) is 45.6 Å². The summed E-state index contributed by atoms with van der Waals surface area (Å²) in [6, 6.07) is 7.94. The number of hydrogen-bond donors (Lipinski definition) is 0. The van der Waals surface area contributed by atoms with Crippen molar-refractivity contribution >= 4 is 11.8 Å². The molecule has 1 aliphatic rings. The van der Waals surface area contributed by atoms with Crippen LogP contribution in [0.1, 0.15) is 49.7 Å². The molecule has 1 fully saturated rings. The molecular formula is C22H29N3O2. The lowest BCUT2D eigenvalue weighted by Gasteiger charge is -2.23. The molecule has 3 rings (SSSR count). The average molecular weight is 367 g/mol. The minimum Gasteiger partial charge on any atom is -0.351 e. The monoisotopic (exact) mass is 367 g/mol. The van der Waals surface area contributed by atoms with Crippen molar-refractivity contribution in [3.63, 3.8) is 0 Å². The summed E-state index contributed by atoms with van der Waals surface area (Å²) in [6.45, 7) is 10.5. The van der Waals surface area contributed by atoms with Crippen LogP contribution in [0.2, 0.25) is 0 Å². The number of aryl methyl sites for hydroxylation is 3. The normalized spacial score (nSPS) is 15.0. The molecule has 2 aromatic rings. The van der Waals surface area contributed by atoms with Gasteiger partial charge >= 0.3 is 0 Å². The lowest BCUT2D eigenvalue weighted by Crippen LogP contribution is -2.37. The Balaban J connectivity index is 1.73. The lowest BCUT2D eigenvalue weighted by molar-refractivity contribution is 0.0718. The molecule has 0 unspecified atom stereocenters. The van der Waals surface area contributed by atoms with Gasteiger partial charge in [-0.15, -0.1) is 0 Å². The van der Waals surface area contributed by atoms with Crippen LogP contribution in [0.3, 0.4) is 0 Å². The SMILES string of the molecule is Cc1ccc(C)c(C(=O)N2CCCN(C(=O)c3cc(C)n(C)c3C)CC2)c1. The summed E-state index contributed by atoms with van der Waals surface area (Å²) in [7, 11) is 1.98. The Kier molecular flexibility index (Phi) is 5.40. The van der Waals surface area contributed by atoms with Gasteiger partial charge in [0.2, 0.25) is 0 Å². The highest BCUT2D eigenvalue weighted by atomic mass is 16.2. The second-order valence-corrected chi connectivity index (χ2v) is 7.60. The number of benzene rings is 1. The van der Waals surface area contributed by atoms with Gasteiger partial charge in [0.15, 0.2) is 0 Å². The first kappa shape index (κ1) is 19.2. The smallest absolute Gasteiger partial charge is 0.255 e. The highest BCUT2D eigenvalue weighted by Crippen LogP contribution is 2.19. The molecule has 1 aromatic heterocycles. The number of aromatic nitrogens is 1. The van der Waals surface area contributed by atoms with Crippen LogP contribution in [-0.4, -0.2) is 52.4 Å². The Morgan fingerprint density at radius 1 is 0.815 bits per heavy atom. The Morgan fingerprint density at radius 3 is 1.96 bits per heavy atom. The summed E-state index contributed by atoms with van der Waals surface area (Å²) in [5.41, 5.74) is 5.69. The van der Waals surface area contributed by atoms with Gasteiger partial charge in [-0.25, -0.2) is 0 Å². The van der Waals surface area contributed by atoms with Crippen molar-refractivity contribution in [2.75, 3.05) is 26.2 Å². The standard InChI is InChI=1S/C22H29N3O2/c1-15-7-8-16(2)19(13-15)21(26)24-9-6-10-25(12-11-24)22(27)20-14-17(3)23(5)18(20)4/h7-8,13-14H,6,9-12H2,1-5H3. The maximum atomic E-state index is 13.0. The zero-order valence-corrected chi connectivity index (χ0v) is 17.0. The summed E-state index contributed by atoms with van der Waals surface area (Å²) >= 11 is 0. The summed E-state index contributed by atoms with van der Waals surface area (Å²) in [5, 5.41) is 0. The van der Waals surface area contributed by atoms with Crippen LogP contribution in [0.25, 0.3) is 0 Å². The van der Waals surface area contributed by atoms with Gasteiger partial charge < -0.3 is 14.4 Å². The Hall–Kier alpha value is -2.56. The van der Waals surface area contributed by atoms with E-state index in [9.17, 15) is 9.59 Å². The van der Waals surface area contributed by atoms with Gasteiger partial charge in [0, 0.05) is 50.2 Å². The van der Waals surface area contributed by atoms with E-state index in [4.69, 9.17) is 0 Å². The minimum atomic E-state index is 0.0669. The van der Waals surface area contributed by atoms with Gasteiger partial charge in [-0.05, 0) is 51.8 Å². The van der Waals surface area contributed by atoms with Gasteiger partial charge in [-0.2, -0.15) is 0 Å². The van der Waals surface area contributed by atoms with Gasteiger partial charge in [0.1, 0.15) is 0 Å². The molecule has 5 heteroatoms. The number of carbonyl (C=O) groups is 2. The first-order valence-electron chi connectivity index (χ1n) is 9.58. The van der Waals surface area contributed by atoms with Crippen LogP contribution in [0, 0.1) is 27.7 Å². The van der Waals surface area contributed by atoms with Crippen LogP contribution in [0.4, 0.5) is 0 Å². The van der Waals surface area contributed by atoms with E-state index >= 15 is 0 Å². The molecule has 0 spiro atoms. The molecule has 0 N–H and O–H groups in total. The maximum Gasteiger partial charge on any atom is 0.255 e. The van der Waals surface area contributed by atoms with Gasteiger partial charge in [0.25, 0.3) is 11.8 Å². The fraction of sp³-hybridized carbons (Fsp3) is 0.455. The Morgan fingerprint density at radius 2 is 1.41 bits per heavy atom. The van der Waals surface area contributed by atoms with Crippen LogP contribution in [-0.2, 0) is 7.05 Å². The molecule has 144 valence electrons. The molecule has 0 aliphatic carbocycles. The van der Waals surface area contributed by atoms with Crippen LogP contribution in [0.15, 0.2) is 24.3 Å². The molecule has 5 nitrogen and oxygen atoms in total. The molecular weight excluding hydrogens is 338 g/mol. The molecule has 0 radical (unpaired) electrons. The van der Waals surface area contributed by atoms with Crippen molar-refractivity contribution < 1.29 is 9.59 Å². The Bertz CT molecular complexity index is 882. The quantitative estimate of drug-likeness (QED) is 0.818. The second-order valence-electron chi connectivity index (χ2n) is 7.60. The highest BCUT2D eigenvalue weighted by molar-refractivity contribution is 5.97. The van der Waals surface area contributed by atoms with Crippen molar-refractivity contribution in [3.8, 4) is 0 Å². The molecule has 0 atom stereocenters. The number of amides is 2. The van der Waals surface area contributed by atoms with E-state index in [0.717, 1.165) is 40.1 Å². The molecule has 0 saturated carbocycles. The maximum absolute atomic E-state index is 13.0. The van der Waals surface area contributed by atoms with Gasteiger partial charge in [-0.3, -0.25) is 9.59 Å². The largest absolute Gasteiger partial charge is 0.351 e. The van der Waals surface area contributed by atoms with Crippen LogP contribution >= 0.6 is 0 Å². The summed E-state index contributed by atoms with van der Waals surface area (Å²) in [5.74, 6) is 0.134. The summed E-state index contributed by atoms with van der Waals surface area (Å²) < 4.78 is 2.04. The summed E-state index contributed by atoms with van der Waals surface area (Å²) in [4.78, 5) is 29.8. The van der Waals surface area contributed by atoms with E-state index in [1.54, 1.807) is 0 Å². The highest BCUT2D eigenvalue weighted by Gasteiger charge is 2.26. The molecule has 1 saturated heterocycles. The zero-order chi connectivity index (χ0) is 19.7. The number of carbonyl (C=O) groups excluding carboxylic acids is 2. The molecule has 0 bridgehead atoms. The zero-order valence-electron chi connectivity index (χ0n) is 17.0. The van der Waals surface area contributed by atoms with Crippen molar-refractivity contribution in [1.29, 1.82) is 0 Å². The fourth-order valence-corrected chi connectivity index (χ4v) is 3.70. The lowest BCUT2D eigenvalue weighted by atomic mass is 10.0. The van der Waals surface area contributed by atoms with Crippen molar-refractivity contribution in [2.24, 2.45) is 7.05 Å². The van der Waals surface area contributed by atoms with E-state index < -0.39 is 0 Å². The first-order valence-corrected chi connectivity index (χ1v) is 9.58. The predicted molar refractivity (Wildman–Crippen MR) is 107 cm³/mol. The number of hydrogen-bond acceptors (Lipinski definition) is 2. The number of nitrogens with zero attached hydrogens (tertiary/aromatic N) is 3. The van der Waals surface area contributed by atoms with Crippen molar-refractivity contribution in [1.82, 2.24) is 14.4 Å². The molecule has 27 heavy (non-hydrogen) atoms. The van der Waals surface area contributed by atoms with Crippen molar-refractivity contribution in [3.05, 3.63) is 57.9 Å². The van der Waals surface area contributed by atoms with Crippen LogP contribution in [0.5, 0.6) is 0 Å². The Labute approximate surface area is 161 Å². The molecule has 1 aromatic carbocycles. The minimum absolute atomic E-state index is 0.0669. The second kappa shape index (κ2) is 7.59. The third-order valence-electron chi connectivity index (χ3n) is 5.70. The average Bonchev–Trinajstić information content (AvgIpc) is 2.84. The predicted octanol–water partition coefficient (Wildman–Crippen LogP) is 3.25. The third kappa shape index (κ3) is 3.77. The molecule has 1 aliphatic heterocycles. The number of rotatable bonds is 2. The van der Waals surface area contributed by atoms with E-state index in [0.29, 0.717) is 26.2 Å². The summed E-state index contributed by atoms with van der Waals surface area (Å²) in [6.07, 6.45) is 0.799. The van der Waals surface area contributed by atoms with Gasteiger partial charge in [0.05, 0.1) is 5.56 Å². The third-order valence-corrected chi connectivity index (χ3v) is 5.70. The van der Waals surface area contributed by atoms with Crippen LogP contribution < -0.4 is 0 Å². The van der Waals surface area contributed by atoms with E-state index in [1.165, 1.54) is 0 Å². The van der Waals surface area contributed by atoms with E-state index in [1.807, 2.05) is 73.4 Å². The first-order chi connectivity index (χ1) is 12.8. The molecule has 2 heterocycles. The van der Waals surface area contributed by atoms with E-state index in [2.05, 4.69) is 0 Å².